The molecule has 0 fully saturated rings. The summed E-state index contributed by atoms with van der Waals surface area (Å²) in [6.45, 7) is 7.62. The van der Waals surface area contributed by atoms with E-state index in [1.54, 1.807) is 6.08 Å². The maximum atomic E-state index is 3.57. The van der Waals surface area contributed by atoms with Crippen LogP contribution in [-0.4, -0.2) is 0 Å². The second-order valence-electron chi connectivity index (χ2n) is 1.65. The first-order chi connectivity index (χ1) is 3.81. The van der Waals surface area contributed by atoms with Crippen molar-refractivity contribution < 1.29 is 0 Å². The Balaban J connectivity index is 3.79. The minimum Gasteiger partial charge on any atom is -0.0991 e. The van der Waals surface area contributed by atoms with E-state index >= 15 is 0 Å². The van der Waals surface area contributed by atoms with Crippen molar-refractivity contribution in [2.24, 2.45) is 0 Å². The topological polar surface area (TPSA) is 0 Å². The summed E-state index contributed by atoms with van der Waals surface area (Å²) in [7, 11) is 0. The molecule has 0 radical (unpaired) electrons. The van der Waals surface area contributed by atoms with Crippen molar-refractivity contribution in [3.8, 4) is 0 Å². The lowest BCUT2D eigenvalue weighted by Crippen LogP contribution is -1.61. The fourth-order valence-corrected chi connectivity index (χ4v) is 0.504. The van der Waals surface area contributed by atoms with Gasteiger partial charge in [-0.2, -0.15) is 0 Å². The zero-order valence-corrected chi connectivity index (χ0v) is 5.52. The highest BCUT2D eigenvalue weighted by molar-refractivity contribution is 5.19. The maximum absolute atomic E-state index is 3.57. The molecule has 0 atom stereocenters. The molecule has 0 bridgehead atoms. The highest BCUT2D eigenvalue weighted by Crippen LogP contribution is 1.92. The summed E-state index contributed by atoms with van der Waals surface area (Å²) in [5.74, 6) is 0. The van der Waals surface area contributed by atoms with Crippen LogP contribution >= 0.6 is 0 Å². The summed E-state index contributed by atoms with van der Waals surface area (Å²) >= 11 is 0. The minimum atomic E-state index is 1.24. The normalized spacial score (nSPS) is 12.5. The van der Waals surface area contributed by atoms with Gasteiger partial charge in [0.1, 0.15) is 0 Å². The molecule has 0 spiro atoms. The molecule has 0 aliphatic carbocycles. The number of rotatable bonds is 2. The smallest absolute Gasteiger partial charge is 0.0398 e. The Labute approximate surface area is 51.2 Å². The van der Waals surface area contributed by atoms with Gasteiger partial charge >= 0.3 is 0 Å². The Hall–Kier alpha value is -0.780. The molecule has 0 aromatic rings. The van der Waals surface area contributed by atoms with Crippen molar-refractivity contribution in [3.05, 3.63) is 36.5 Å². The third-order valence-corrected chi connectivity index (χ3v) is 0.810. The number of hydrogen-bond donors (Lipinski definition) is 0. The van der Waals surface area contributed by atoms with Crippen molar-refractivity contribution >= 4 is 0 Å². The molecule has 0 saturated carbocycles. The molecule has 0 aliphatic rings. The summed E-state index contributed by atoms with van der Waals surface area (Å²) in [5, 5.41) is 0. The van der Waals surface area contributed by atoms with Crippen LogP contribution in [0.5, 0.6) is 0 Å². The molecule has 0 aromatic carbocycles. The molecule has 44 valence electrons. The van der Waals surface area contributed by atoms with E-state index in [2.05, 4.69) is 6.58 Å². The zero-order chi connectivity index (χ0) is 6.41. The van der Waals surface area contributed by atoms with Gasteiger partial charge in [-0.05, 0) is 13.8 Å². The second kappa shape index (κ2) is 4.38. The van der Waals surface area contributed by atoms with Crippen LogP contribution in [-0.2, 0) is 0 Å². The van der Waals surface area contributed by atoms with Crippen LogP contribution in [0, 0.1) is 0 Å². The van der Waals surface area contributed by atoms with Crippen LogP contribution in [0.1, 0.15) is 13.8 Å². The molecule has 0 rings (SSSR count). The monoisotopic (exact) mass is 108 g/mol. The highest BCUT2D eigenvalue weighted by atomic mass is 13.8. The summed E-state index contributed by atoms with van der Waals surface area (Å²) in [5.41, 5.74) is 1.24. The third-order valence-electron chi connectivity index (χ3n) is 0.810. The Kier molecular flexibility index (Phi) is 3.95. The summed E-state index contributed by atoms with van der Waals surface area (Å²) in [6, 6.07) is 0. The lowest BCUT2D eigenvalue weighted by atomic mass is 10.2. The quantitative estimate of drug-likeness (QED) is 0.477. The molecule has 8 heavy (non-hydrogen) atoms. The average Bonchev–Trinajstić information content (AvgIpc) is 1.68. The Bertz CT molecular complexity index is 116. The van der Waals surface area contributed by atoms with Gasteiger partial charge in [0.25, 0.3) is 0 Å². The molecule has 0 aliphatic heterocycles. The van der Waals surface area contributed by atoms with Crippen molar-refractivity contribution in [3.63, 3.8) is 0 Å². The Morgan fingerprint density at radius 1 is 1.50 bits per heavy atom. The predicted octanol–water partition coefficient (Wildman–Crippen LogP) is 2.69. The lowest BCUT2D eigenvalue weighted by molar-refractivity contribution is 1.51. The molecule has 0 nitrogen and oxygen atoms in total. The molecule has 0 N–H and O–H groups in total. The van der Waals surface area contributed by atoms with Crippen LogP contribution in [0.15, 0.2) is 36.5 Å². The summed E-state index contributed by atoms with van der Waals surface area (Å²) < 4.78 is 0. The Morgan fingerprint density at radius 2 is 2.12 bits per heavy atom. The molecule has 0 aromatic heterocycles. The van der Waals surface area contributed by atoms with Crippen LogP contribution in [0.25, 0.3) is 0 Å². The van der Waals surface area contributed by atoms with Gasteiger partial charge in [0, 0.05) is 0 Å². The van der Waals surface area contributed by atoms with E-state index in [1.165, 1.54) is 5.57 Å². The minimum absolute atomic E-state index is 1.24. The van der Waals surface area contributed by atoms with Crippen molar-refractivity contribution in [2.45, 2.75) is 13.8 Å². The second-order valence-corrected chi connectivity index (χ2v) is 1.65. The molecule has 0 amide bonds. The molecule has 0 heterocycles. The van der Waals surface area contributed by atoms with Gasteiger partial charge in [0.2, 0.25) is 0 Å². The third kappa shape index (κ3) is 3.41. The van der Waals surface area contributed by atoms with E-state index in [9.17, 15) is 0 Å². The molecule has 0 unspecified atom stereocenters. The van der Waals surface area contributed by atoms with Gasteiger partial charge in [-0.3, -0.25) is 0 Å². The van der Waals surface area contributed by atoms with Crippen molar-refractivity contribution in [1.29, 1.82) is 0 Å². The highest BCUT2D eigenvalue weighted by Gasteiger charge is 1.71. The first-order valence-corrected chi connectivity index (χ1v) is 2.73. The molecular formula is C8H12. The van der Waals surface area contributed by atoms with Crippen LogP contribution in [0.4, 0.5) is 0 Å². The standard InChI is InChI=1S/C8H12/c1-4-6-8(3)7-5-2/h4-7H,1H2,2-3H3/b7-5+,8-6-. The SMILES string of the molecule is C=C/C=C(C)\C=C\C. The van der Waals surface area contributed by atoms with Crippen molar-refractivity contribution in [2.75, 3.05) is 0 Å². The Morgan fingerprint density at radius 3 is 2.50 bits per heavy atom. The van der Waals surface area contributed by atoms with Gasteiger partial charge in [-0.25, -0.2) is 0 Å². The van der Waals surface area contributed by atoms with Gasteiger partial charge in [0.05, 0.1) is 0 Å². The fraction of sp³-hybridized carbons (Fsp3) is 0.250. The van der Waals surface area contributed by atoms with Gasteiger partial charge in [-0.15, -0.1) is 0 Å². The van der Waals surface area contributed by atoms with E-state index < -0.39 is 0 Å². The average molecular weight is 108 g/mol. The lowest BCUT2D eigenvalue weighted by Gasteiger charge is -1.82. The largest absolute Gasteiger partial charge is 0.0991 e. The van der Waals surface area contributed by atoms with Crippen LogP contribution < -0.4 is 0 Å². The molecular weight excluding hydrogens is 96.1 g/mol. The molecule has 0 saturated heterocycles. The van der Waals surface area contributed by atoms with E-state index in [0.717, 1.165) is 0 Å². The first kappa shape index (κ1) is 7.22. The van der Waals surface area contributed by atoms with Crippen LogP contribution in [0.2, 0.25) is 0 Å². The zero-order valence-electron chi connectivity index (χ0n) is 5.52. The number of hydrogen-bond acceptors (Lipinski definition) is 0. The summed E-state index contributed by atoms with van der Waals surface area (Å²) in [4.78, 5) is 0. The maximum Gasteiger partial charge on any atom is -0.0398 e. The van der Waals surface area contributed by atoms with Gasteiger partial charge in [0.15, 0.2) is 0 Å². The first-order valence-electron chi connectivity index (χ1n) is 2.73. The molecule has 0 heteroatoms. The van der Waals surface area contributed by atoms with E-state index in [0.29, 0.717) is 0 Å². The van der Waals surface area contributed by atoms with E-state index in [-0.39, 0.29) is 0 Å². The van der Waals surface area contributed by atoms with Crippen molar-refractivity contribution in [1.82, 2.24) is 0 Å². The van der Waals surface area contributed by atoms with Gasteiger partial charge in [-0.1, -0.05) is 36.5 Å². The number of allylic oxidation sites excluding steroid dienone is 5. The van der Waals surface area contributed by atoms with Crippen LogP contribution in [0.3, 0.4) is 0 Å². The predicted molar refractivity (Wildman–Crippen MR) is 38.8 cm³/mol. The van der Waals surface area contributed by atoms with E-state index in [4.69, 9.17) is 0 Å². The summed E-state index contributed by atoms with van der Waals surface area (Å²) in [6.07, 6.45) is 7.81. The van der Waals surface area contributed by atoms with E-state index in [1.807, 2.05) is 32.1 Å². The fourth-order valence-electron chi connectivity index (χ4n) is 0.504. The van der Waals surface area contributed by atoms with Gasteiger partial charge < -0.3 is 0 Å².